The molecule has 2 rings (SSSR count). The molecule has 1 atom stereocenters. The molecule has 1 saturated heterocycles. The molecule has 0 amide bonds. The minimum absolute atomic E-state index is 0.615. The second-order valence-corrected chi connectivity index (χ2v) is 7.08. The molecular weight excluding hydrogens is 276 g/mol. The molecule has 2 N–H and O–H groups in total. The molecule has 0 bridgehead atoms. The topological polar surface area (TPSA) is 48.9 Å². The van der Waals surface area contributed by atoms with E-state index >= 15 is 0 Å². The zero-order valence-corrected chi connectivity index (χ0v) is 14.6. The van der Waals surface area contributed by atoms with Crippen LogP contribution in [0.5, 0.6) is 0 Å². The minimum Gasteiger partial charge on any atom is -0.381 e. The summed E-state index contributed by atoms with van der Waals surface area (Å²) in [6.07, 6.45) is 5.18. The van der Waals surface area contributed by atoms with Crippen LogP contribution in [0.3, 0.4) is 0 Å². The molecule has 1 unspecified atom stereocenters. The van der Waals surface area contributed by atoms with Gasteiger partial charge in [-0.3, -0.25) is 4.99 Å². The van der Waals surface area contributed by atoms with Gasteiger partial charge in [-0.15, -0.1) is 0 Å². The van der Waals surface area contributed by atoms with Crippen molar-refractivity contribution >= 4 is 5.96 Å². The van der Waals surface area contributed by atoms with Crippen LogP contribution < -0.4 is 10.6 Å². The van der Waals surface area contributed by atoms with Gasteiger partial charge >= 0.3 is 0 Å². The van der Waals surface area contributed by atoms with Gasteiger partial charge in [0.25, 0.3) is 0 Å². The Hall–Kier alpha value is -0.810. The Balaban J connectivity index is 1.50. The molecule has 0 aromatic carbocycles. The smallest absolute Gasteiger partial charge is 0.190 e. The van der Waals surface area contributed by atoms with E-state index in [9.17, 15) is 0 Å². The Morgan fingerprint density at radius 2 is 2.09 bits per heavy atom. The maximum atomic E-state index is 5.59. The van der Waals surface area contributed by atoms with Gasteiger partial charge in [0.2, 0.25) is 0 Å². The Labute approximate surface area is 135 Å². The highest BCUT2D eigenvalue weighted by Gasteiger charge is 2.34. The molecule has 1 aliphatic carbocycles. The normalized spacial score (nSPS) is 23.3. The minimum atomic E-state index is 0.615. The van der Waals surface area contributed by atoms with Crippen LogP contribution in [0.1, 0.15) is 39.5 Å². The summed E-state index contributed by atoms with van der Waals surface area (Å²) in [5, 5.41) is 6.84. The lowest BCUT2D eigenvalue weighted by Crippen LogP contribution is -2.40. The van der Waals surface area contributed by atoms with Gasteiger partial charge in [-0.1, -0.05) is 13.8 Å². The number of hydrogen-bond donors (Lipinski definition) is 2. The van der Waals surface area contributed by atoms with Gasteiger partial charge in [0.05, 0.1) is 0 Å². The molecule has 1 saturated carbocycles. The molecule has 0 spiro atoms. The SMILES string of the molecule is CN=C(NCCCOCC(C)C)NCC1CCN(C2CC2)C1. The fourth-order valence-corrected chi connectivity index (χ4v) is 2.96. The van der Waals surface area contributed by atoms with Crippen molar-refractivity contribution in [3.05, 3.63) is 0 Å². The van der Waals surface area contributed by atoms with Crippen LogP contribution in [0, 0.1) is 11.8 Å². The highest BCUT2D eigenvalue weighted by molar-refractivity contribution is 5.79. The molecule has 22 heavy (non-hydrogen) atoms. The first-order valence-electron chi connectivity index (χ1n) is 8.95. The first-order chi connectivity index (χ1) is 10.7. The lowest BCUT2D eigenvalue weighted by molar-refractivity contribution is 0.108. The summed E-state index contributed by atoms with van der Waals surface area (Å²) in [5.74, 6) is 2.31. The van der Waals surface area contributed by atoms with E-state index in [2.05, 4.69) is 34.4 Å². The van der Waals surface area contributed by atoms with Crippen LogP contribution in [-0.2, 0) is 4.74 Å². The van der Waals surface area contributed by atoms with E-state index < -0.39 is 0 Å². The van der Waals surface area contributed by atoms with E-state index in [0.29, 0.717) is 5.92 Å². The highest BCUT2D eigenvalue weighted by Crippen LogP contribution is 2.31. The molecule has 1 aliphatic heterocycles. The maximum absolute atomic E-state index is 5.59. The summed E-state index contributed by atoms with van der Waals surface area (Å²) >= 11 is 0. The number of guanidine groups is 1. The van der Waals surface area contributed by atoms with E-state index in [1.807, 2.05) is 7.05 Å². The number of ether oxygens (including phenoxy) is 1. The third kappa shape index (κ3) is 6.53. The van der Waals surface area contributed by atoms with E-state index in [4.69, 9.17) is 4.74 Å². The zero-order valence-electron chi connectivity index (χ0n) is 14.6. The number of hydrogen-bond acceptors (Lipinski definition) is 3. The highest BCUT2D eigenvalue weighted by atomic mass is 16.5. The summed E-state index contributed by atoms with van der Waals surface area (Å²) in [4.78, 5) is 6.96. The van der Waals surface area contributed by atoms with Crippen LogP contribution in [-0.4, -0.2) is 63.3 Å². The maximum Gasteiger partial charge on any atom is 0.190 e. The van der Waals surface area contributed by atoms with Gasteiger partial charge in [0.15, 0.2) is 5.96 Å². The van der Waals surface area contributed by atoms with Gasteiger partial charge in [0.1, 0.15) is 0 Å². The molecule has 2 aliphatic rings. The third-order valence-corrected chi connectivity index (χ3v) is 4.37. The van der Waals surface area contributed by atoms with E-state index in [1.165, 1.54) is 32.4 Å². The second kappa shape index (κ2) is 9.36. The lowest BCUT2D eigenvalue weighted by atomic mass is 10.1. The molecule has 2 fully saturated rings. The van der Waals surface area contributed by atoms with Crippen molar-refractivity contribution in [1.82, 2.24) is 15.5 Å². The predicted molar refractivity (Wildman–Crippen MR) is 92.3 cm³/mol. The summed E-state index contributed by atoms with van der Waals surface area (Å²) in [6.45, 7) is 10.5. The zero-order chi connectivity index (χ0) is 15.8. The fraction of sp³-hybridized carbons (Fsp3) is 0.941. The van der Waals surface area contributed by atoms with Crippen molar-refractivity contribution in [2.45, 2.75) is 45.6 Å². The van der Waals surface area contributed by atoms with Crippen molar-refractivity contribution in [2.75, 3.05) is 46.4 Å². The first-order valence-corrected chi connectivity index (χ1v) is 8.95. The number of nitrogens with one attached hydrogen (secondary N) is 2. The number of likely N-dealkylation sites (tertiary alicyclic amines) is 1. The van der Waals surface area contributed by atoms with Crippen molar-refractivity contribution in [3.8, 4) is 0 Å². The summed E-state index contributed by atoms with van der Waals surface area (Å²) in [7, 11) is 1.84. The van der Waals surface area contributed by atoms with Crippen LogP contribution in [0.25, 0.3) is 0 Å². The standard InChI is InChI=1S/C17H34N4O/c1-14(2)13-22-10-4-8-19-17(18-3)20-11-15-7-9-21(12-15)16-5-6-16/h14-16H,4-13H2,1-3H3,(H2,18,19,20). The number of nitrogens with zero attached hydrogens (tertiary/aromatic N) is 2. The van der Waals surface area contributed by atoms with E-state index in [1.54, 1.807) is 0 Å². The third-order valence-electron chi connectivity index (χ3n) is 4.37. The molecule has 5 nitrogen and oxygen atoms in total. The van der Waals surface area contributed by atoms with Crippen LogP contribution in [0.2, 0.25) is 0 Å². The van der Waals surface area contributed by atoms with Gasteiger partial charge in [-0.05, 0) is 44.1 Å². The predicted octanol–water partition coefficient (Wildman–Crippen LogP) is 1.70. The largest absolute Gasteiger partial charge is 0.381 e. The molecule has 5 heteroatoms. The second-order valence-electron chi connectivity index (χ2n) is 7.08. The van der Waals surface area contributed by atoms with Crippen LogP contribution >= 0.6 is 0 Å². The van der Waals surface area contributed by atoms with Crippen LogP contribution in [0.15, 0.2) is 4.99 Å². The van der Waals surface area contributed by atoms with Gasteiger partial charge in [-0.25, -0.2) is 0 Å². The van der Waals surface area contributed by atoms with Crippen LogP contribution in [0.4, 0.5) is 0 Å². The Morgan fingerprint density at radius 3 is 2.77 bits per heavy atom. The average molecular weight is 310 g/mol. The van der Waals surface area contributed by atoms with Crippen molar-refractivity contribution in [3.63, 3.8) is 0 Å². The quantitative estimate of drug-likeness (QED) is 0.387. The van der Waals surface area contributed by atoms with E-state index in [0.717, 1.165) is 50.6 Å². The van der Waals surface area contributed by atoms with Crippen molar-refractivity contribution in [1.29, 1.82) is 0 Å². The summed E-state index contributed by atoms with van der Waals surface area (Å²) in [5.41, 5.74) is 0. The monoisotopic (exact) mass is 310 g/mol. The lowest BCUT2D eigenvalue weighted by Gasteiger charge is -2.17. The molecule has 1 heterocycles. The fourth-order valence-electron chi connectivity index (χ4n) is 2.96. The molecular formula is C17H34N4O. The van der Waals surface area contributed by atoms with Gasteiger partial charge in [0, 0.05) is 45.9 Å². The molecule has 128 valence electrons. The Morgan fingerprint density at radius 1 is 1.27 bits per heavy atom. The molecule has 0 aromatic rings. The molecule has 0 radical (unpaired) electrons. The Kier molecular flexibility index (Phi) is 7.46. The van der Waals surface area contributed by atoms with Gasteiger partial charge < -0.3 is 20.3 Å². The van der Waals surface area contributed by atoms with Gasteiger partial charge in [-0.2, -0.15) is 0 Å². The summed E-state index contributed by atoms with van der Waals surface area (Å²) < 4.78 is 5.59. The number of aliphatic imine (C=N–C) groups is 1. The first kappa shape index (κ1) is 17.5. The van der Waals surface area contributed by atoms with E-state index in [-0.39, 0.29) is 0 Å². The number of rotatable bonds is 9. The van der Waals surface area contributed by atoms with Crippen molar-refractivity contribution in [2.24, 2.45) is 16.8 Å². The molecule has 0 aromatic heterocycles. The average Bonchev–Trinajstić information content (AvgIpc) is 3.24. The Bertz CT molecular complexity index is 342. The summed E-state index contributed by atoms with van der Waals surface area (Å²) in [6, 6.07) is 0.910. The van der Waals surface area contributed by atoms with Crippen molar-refractivity contribution < 1.29 is 4.74 Å².